The van der Waals surface area contributed by atoms with E-state index in [1.54, 1.807) is 18.4 Å². The molecule has 0 saturated heterocycles. The Morgan fingerprint density at radius 1 is 1.67 bits per heavy atom. The minimum Gasteiger partial charge on any atom is -0.456 e. The molecule has 1 aromatic rings. The van der Waals surface area contributed by atoms with E-state index in [-0.39, 0.29) is 12.1 Å². The van der Waals surface area contributed by atoms with Gasteiger partial charge in [0.15, 0.2) is 0 Å². The van der Waals surface area contributed by atoms with Crippen LogP contribution in [0.15, 0.2) is 11.4 Å². The van der Waals surface area contributed by atoms with Gasteiger partial charge in [0.2, 0.25) is 0 Å². The summed E-state index contributed by atoms with van der Waals surface area (Å²) in [5, 5.41) is 1.76. The van der Waals surface area contributed by atoms with Gasteiger partial charge < -0.3 is 15.2 Å². The molecule has 1 unspecified atom stereocenters. The largest absolute Gasteiger partial charge is 0.456 e. The topological polar surface area (TPSA) is 61.5 Å². The summed E-state index contributed by atoms with van der Waals surface area (Å²) in [6.07, 6.45) is -0.251. The Labute approximate surface area is 93.0 Å². The van der Waals surface area contributed by atoms with E-state index >= 15 is 0 Å². The predicted molar refractivity (Wildman–Crippen MR) is 60.1 cm³/mol. The standard InChI is InChI=1S/C10H15NO3S/c1-3-13-6-7(2)14-10(12)9-8(11)4-5-15-9/h4-5,7H,3,6,11H2,1-2H3. The highest BCUT2D eigenvalue weighted by Crippen LogP contribution is 2.20. The van der Waals surface area contributed by atoms with Gasteiger partial charge in [0.05, 0.1) is 12.3 Å². The number of anilines is 1. The third kappa shape index (κ3) is 3.53. The third-order valence-corrected chi connectivity index (χ3v) is 2.66. The molecule has 0 aliphatic heterocycles. The highest BCUT2D eigenvalue weighted by Gasteiger charge is 2.15. The van der Waals surface area contributed by atoms with E-state index in [1.807, 2.05) is 6.92 Å². The van der Waals surface area contributed by atoms with E-state index in [0.29, 0.717) is 23.8 Å². The maximum absolute atomic E-state index is 11.6. The number of nitrogen functional groups attached to an aromatic ring is 1. The van der Waals surface area contributed by atoms with Gasteiger partial charge in [0.1, 0.15) is 11.0 Å². The quantitative estimate of drug-likeness (QED) is 0.783. The maximum atomic E-state index is 11.6. The molecule has 0 amide bonds. The minimum atomic E-state index is -0.380. The molecule has 5 heteroatoms. The number of thiophene rings is 1. The molecule has 0 radical (unpaired) electrons. The Morgan fingerprint density at radius 2 is 2.40 bits per heavy atom. The molecule has 1 aromatic heterocycles. The number of carbonyl (C=O) groups excluding carboxylic acids is 1. The van der Waals surface area contributed by atoms with Crippen molar-refractivity contribution < 1.29 is 14.3 Å². The second-order valence-corrected chi connectivity index (χ2v) is 4.00. The Kier molecular flexibility index (Phi) is 4.58. The number of rotatable bonds is 5. The summed E-state index contributed by atoms with van der Waals surface area (Å²) in [5.41, 5.74) is 6.06. The van der Waals surface area contributed by atoms with Gasteiger partial charge in [-0.15, -0.1) is 11.3 Å². The molecule has 0 spiro atoms. The lowest BCUT2D eigenvalue weighted by Gasteiger charge is -2.12. The molecule has 0 fully saturated rings. The lowest BCUT2D eigenvalue weighted by molar-refractivity contribution is 0.00493. The maximum Gasteiger partial charge on any atom is 0.350 e. The second-order valence-electron chi connectivity index (χ2n) is 3.08. The summed E-state index contributed by atoms with van der Waals surface area (Å²) in [6.45, 7) is 4.71. The van der Waals surface area contributed by atoms with Crippen LogP contribution in [0.3, 0.4) is 0 Å². The van der Waals surface area contributed by atoms with Gasteiger partial charge in [-0.05, 0) is 25.3 Å². The van der Waals surface area contributed by atoms with E-state index in [0.717, 1.165) is 0 Å². The molecular weight excluding hydrogens is 214 g/mol. The van der Waals surface area contributed by atoms with Gasteiger partial charge in [0.25, 0.3) is 0 Å². The van der Waals surface area contributed by atoms with Crippen LogP contribution < -0.4 is 5.73 Å². The Hall–Kier alpha value is -1.07. The lowest BCUT2D eigenvalue weighted by atomic mass is 10.4. The average Bonchev–Trinajstić information content (AvgIpc) is 2.61. The molecule has 4 nitrogen and oxygen atoms in total. The first-order valence-electron chi connectivity index (χ1n) is 4.76. The average molecular weight is 229 g/mol. The van der Waals surface area contributed by atoms with Crippen molar-refractivity contribution >= 4 is 23.0 Å². The molecule has 0 bridgehead atoms. The van der Waals surface area contributed by atoms with Crippen LogP contribution in [-0.4, -0.2) is 25.3 Å². The predicted octanol–water partition coefficient (Wildman–Crippen LogP) is 1.91. The highest BCUT2D eigenvalue weighted by molar-refractivity contribution is 7.12. The van der Waals surface area contributed by atoms with Gasteiger partial charge in [-0.25, -0.2) is 4.79 Å². The van der Waals surface area contributed by atoms with E-state index in [2.05, 4.69) is 0 Å². The van der Waals surface area contributed by atoms with Crippen LogP contribution in [0.1, 0.15) is 23.5 Å². The highest BCUT2D eigenvalue weighted by atomic mass is 32.1. The van der Waals surface area contributed by atoms with Crippen LogP contribution in [0.25, 0.3) is 0 Å². The van der Waals surface area contributed by atoms with E-state index in [9.17, 15) is 4.79 Å². The van der Waals surface area contributed by atoms with E-state index in [4.69, 9.17) is 15.2 Å². The molecule has 0 aliphatic carbocycles. The monoisotopic (exact) mass is 229 g/mol. The number of hydrogen-bond acceptors (Lipinski definition) is 5. The lowest BCUT2D eigenvalue weighted by Crippen LogP contribution is -2.20. The molecule has 0 saturated carbocycles. The number of hydrogen-bond donors (Lipinski definition) is 1. The van der Waals surface area contributed by atoms with Crippen molar-refractivity contribution in [3.8, 4) is 0 Å². The van der Waals surface area contributed by atoms with Crippen LogP contribution in [0.2, 0.25) is 0 Å². The second kappa shape index (κ2) is 5.72. The number of carbonyl (C=O) groups is 1. The van der Waals surface area contributed by atoms with Crippen LogP contribution >= 0.6 is 11.3 Å². The fraction of sp³-hybridized carbons (Fsp3) is 0.500. The molecular formula is C10H15NO3S. The van der Waals surface area contributed by atoms with Crippen LogP contribution in [-0.2, 0) is 9.47 Å². The first-order valence-corrected chi connectivity index (χ1v) is 5.64. The number of esters is 1. The van der Waals surface area contributed by atoms with Crippen molar-refractivity contribution in [2.24, 2.45) is 0 Å². The zero-order valence-electron chi connectivity index (χ0n) is 8.86. The zero-order chi connectivity index (χ0) is 11.3. The van der Waals surface area contributed by atoms with Crippen molar-refractivity contribution in [3.05, 3.63) is 16.3 Å². The van der Waals surface area contributed by atoms with Crippen molar-refractivity contribution in [1.29, 1.82) is 0 Å². The van der Waals surface area contributed by atoms with E-state index < -0.39 is 0 Å². The SMILES string of the molecule is CCOCC(C)OC(=O)c1sccc1N. The Balaban J connectivity index is 2.46. The van der Waals surface area contributed by atoms with Crippen molar-refractivity contribution in [3.63, 3.8) is 0 Å². The van der Waals surface area contributed by atoms with Gasteiger partial charge >= 0.3 is 5.97 Å². The fourth-order valence-electron chi connectivity index (χ4n) is 1.04. The molecule has 15 heavy (non-hydrogen) atoms. The van der Waals surface area contributed by atoms with Crippen molar-refractivity contribution in [2.75, 3.05) is 18.9 Å². The number of nitrogens with two attached hydrogens (primary N) is 1. The Morgan fingerprint density at radius 3 is 2.93 bits per heavy atom. The smallest absolute Gasteiger partial charge is 0.350 e. The van der Waals surface area contributed by atoms with Crippen molar-refractivity contribution in [2.45, 2.75) is 20.0 Å². The first kappa shape index (κ1) is 12.0. The van der Waals surface area contributed by atoms with Crippen LogP contribution in [0, 0.1) is 0 Å². The fourth-order valence-corrected chi connectivity index (χ4v) is 1.74. The first-order chi connectivity index (χ1) is 7.15. The molecule has 1 heterocycles. The molecule has 84 valence electrons. The van der Waals surface area contributed by atoms with Gasteiger partial charge in [-0.3, -0.25) is 0 Å². The van der Waals surface area contributed by atoms with Gasteiger partial charge in [-0.2, -0.15) is 0 Å². The normalized spacial score (nSPS) is 12.4. The minimum absolute atomic E-state index is 0.251. The molecule has 1 atom stereocenters. The van der Waals surface area contributed by atoms with Gasteiger partial charge in [0, 0.05) is 6.61 Å². The van der Waals surface area contributed by atoms with E-state index in [1.165, 1.54) is 11.3 Å². The Bertz CT molecular complexity index is 324. The third-order valence-electron chi connectivity index (χ3n) is 1.75. The summed E-state index contributed by atoms with van der Waals surface area (Å²) in [4.78, 5) is 12.0. The summed E-state index contributed by atoms with van der Waals surface area (Å²) < 4.78 is 10.3. The summed E-state index contributed by atoms with van der Waals surface area (Å²) in [6, 6.07) is 1.69. The number of ether oxygens (including phenoxy) is 2. The summed E-state index contributed by atoms with van der Waals surface area (Å²) >= 11 is 1.28. The molecule has 0 aromatic carbocycles. The molecule has 1 rings (SSSR count). The zero-order valence-corrected chi connectivity index (χ0v) is 9.67. The van der Waals surface area contributed by atoms with Crippen molar-refractivity contribution in [1.82, 2.24) is 0 Å². The van der Waals surface area contributed by atoms with Crippen LogP contribution in [0.4, 0.5) is 5.69 Å². The molecule has 2 N–H and O–H groups in total. The summed E-state index contributed by atoms with van der Waals surface area (Å²) in [5.74, 6) is -0.380. The van der Waals surface area contributed by atoms with Crippen LogP contribution in [0.5, 0.6) is 0 Å². The summed E-state index contributed by atoms with van der Waals surface area (Å²) in [7, 11) is 0. The molecule has 0 aliphatic rings. The van der Waals surface area contributed by atoms with Gasteiger partial charge in [-0.1, -0.05) is 0 Å².